The monoisotopic (exact) mass is 361 g/mol. The molecule has 1 aromatic heterocycles. The van der Waals surface area contributed by atoms with E-state index in [1.54, 1.807) is 6.20 Å². The number of azide groups is 1. The minimum absolute atomic E-state index is 0.307. The summed E-state index contributed by atoms with van der Waals surface area (Å²) in [6.45, 7) is 2.11. The number of benzene rings is 1. The molecule has 22 heavy (non-hydrogen) atoms. The largest absolute Gasteiger partial charge is 0.391 e. The lowest BCUT2D eigenvalue weighted by molar-refractivity contribution is 0.0501. The van der Waals surface area contributed by atoms with Gasteiger partial charge in [-0.2, -0.15) is 0 Å². The number of pyridine rings is 1. The fraction of sp³-hybridized carbons (Fsp3) is 0.400. The second-order valence-corrected chi connectivity index (χ2v) is 6.39. The smallest absolute Gasteiger partial charge is 0.0752 e. The summed E-state index contributed by atoms with van der Waals surface area (Å²) in [6, 6.07) is 5.99. The molecule has 114 valence electrons. The summed E-state index contributed by atoms with van der Waals surface area (Å²) in [5.41, 5.74) is 9.68. The third-order valence-corrected chi connectivity index (χ3v) is 4.65. The molecule has 6 nitrogen and oxygen atoms in total. The zero-order chi connectivity index (χ0) is 15.5. The van der Waals surface area contributed by atoms with Gasteiger partial charge in [-0.05, 0) is 51.4 Å². The zero-order valence-electron chi connectivity index (χ0n) is 11.9. The molecule has 1 aliphatic rings. The van der Waals surface area contributed by atoms with Crippen LogP contribution in [-0.4, -0.2) is 40.2 Å². The van der Waals surface area contributed by atoms with Crippen LogP contribution in [0, 0.1) is 0 Å². The van der Waals surface area contributed by atoms with E-state index in [1.165, 1.54) is 5.56 Å². The lowest BCUT2D eigenvalue weighted by Gasteiger charge is -2.33. The number of β-amino-alcohol motifs (C(OH)–C–C–N with tert-alkyl or cyclic N) is 1. The van der Waals surface area contributed by atoms with Crippen LogP contribution in [0.25, 0.3) is 21.2 Å². The van der Waals surface area contributed by atoms with Crippen molar-refractivity contribution in [1.29, 1.82) is 0 Å². The molecule has 2 heterocycles. The number of fused-ring (bicyclic) bond motifs is 1. The van der Waals surface area contributed by atoms with Crippen LogP contribution in [0.4, 0.5) is 0 Å². The molecule has 1 N–H and O–H groups in total. The second kappa shape index (κ2) is 6.62. The first-order valence-electron chi connectivity index (χ1n) is 7.14. The number of nitrogens with zero attached hydrogens (tertiary/aromatic N) is 5. The Bertz CT molecular complexity index is 731. The van der Waals surface area contributed by atoms with Gasteiger partial charge in [-0.1, -0.05) is 17.2 Å². The van der Waals surface area contributed by atoms with Crippen molar-refractivity contribution in [2.45, 2.75) is 25.1 Å². The molecule has 0 aliphatic carbocycles. The van der Waals surface area contributed by atoms with Crippen molar-refractivity contribution in [3.05, 3.63) is 51.1 Å². The van der Waals surface area contributed by atoms with Crippen LogP contribution >= 0.6 is 15.9 Å². The predicted molar refractivity (Wildman–Crippen MR) is 88.3 cm³/mol. The van der Waals surface area contributed by atoms with E-state index < -0.39 is 6.10 Å². The maximum Gasteiger partial charge on any atom is 0.0752 e. The van der Waals surface area contributed by atoms with E-state index in [0.29, 0.717) is 13.0 Å². The van der Waals surface area contributed by atoms with E-state index in [0.717, 1.165) is 28.3 Å². The van der Waals surface area contributed by atoms with Crippen molar-refractivity contribution in [3.63, 3.8) is 0 Å². The number of aromatic nitrogens is 1. The van der Waals surface area contributed by atoms with Gasteiger partial charge in [0.2, 0.25) is 0 Å². The Balaban J connectivity index is 1.74. The second-order valence-electron chi connectivity index (χ2n) is 5.54. The molecule has 1 fully saturated rings. The summed E-state index contributed by atoms with van der Waals surface area (Å²) < 4.78 is 0.981. The Labute approximate surface area is 136 Å². The molecule has 0 saturated carbocycles. The summed E-state index contributed by atoms with van der Waals surface area (Å²) >= 11 is 3.53. The lowest BCUT2D eigenvalue weighted by Crippen LogP contribution is -2.45. The predicted octanol–water partition coefficient (Wildman–Crippen LogP) is 3.24. The van der Waals surface area contributed by atoms with Crippen molar-refractivity contribution < 1.29 is 5.11 Å². The third kappa shape index (κ3) is 3.23. The van der Waals surface area contributed by atoms with E-state index in [9.17, 15) is 5.11 Å². The molecule has 0 spiro atoms. The Morgan fingerprint density at radius 2 is 2.32 bits per heavy atom. The highest BCUT2D eigenvalue weighted by atomic mass is 79.9. The van der Waals surface area contributed by atoms with Crippen molar-refractivity contribution in [2.75, 3.05) is 13.1 Å². The van der Waals surface area contributed by atoms with Crippen LogP contribution in [0.3, 0.4) is 0 Å². The maximum absolute atomic E-state index is 10.0. The van der Waals surface area contributed by atoms with Gasteiger partial charge in [-0.25, -0.2) is 0 Å². The summed E-state index contributed by atoms with van der Waals surface area (Å²) in [5.74, 6) is 0. The van der Waals surface area contributed by atoms with Crippen LogP contribution < -0.4 is 0 Å². The number of halogens is 1. The van der Waals surface area contributed by atoms with Gasteiger partial charge in [0.1, 0.15) is 0 Å². The maximum atomic E-state index is 10.0. The van der Waals surface area contributed by atoms with E-state index in [-0.39, 0.29) is 6.04 Å². The number of hydrogen-bond acceptors (Lipinski definition) is 4. The molecule has 7 heteroatoms. The molecule has 1 saturated heterocycles. The van der Waals surface area contributed by atoms with Gasteiger partial charge in [0.25, 0.3) is 0 Å². The van der Waals surface area contributed by atoms with Gasteiger partial charge >= 0.3 is 0 Å². The molecule has 2 aromatic rings. The first kappa shape index (κ1) is 15.2. The van der Waals surface area contributed by atoms with E-state index in [4.69, 9.17) is 5.53 Å². The van der Waals surface area contributed by atoms with Crippen molar-refractivity contribution >= 4 is 26.7 Å². The van der Waals surface area contributed by atoms with Crippen molar-refractivity contribution in [2.24, 2.45) is 5.11 Å². The summed E-state index contributed by atoms with van der Waals surface area (Å²) in [7, 11) is 0. The van der Waals surface area contributed by atoms with Gasteiger partial charge < -0.3 is 5.11 Å². The van der Waals surface area contributed by atoms with Crippen molar-refractivity contribution in [1.82, 2.24) is 9.88 Å². The standard InChI is InChI=1S/C15H16BrN5O/c16-13-7-18-6-11-2-1-10(5-12(11)13)8-21-4-3-14(19-20-17)15(22)9-21/h1-2,5-7,14-15,22H,3-4,8-9H2/t14-,15-/m0/s1. The highest BCUT2D eigenvalue weighted by molar-refractivity contribution is 9.10. The fourth-order valence-electron chi connectivity index (χ4n) is 2.86. The number of likely N-dealkylation sites (tertiary alicyclic amines) is 1. The van der Waals surface area contributed by atoms with Crippen LogP contribution in [0.1, 0.15) is 12.0 Å². The Kier molecular flexibility index (Phi) is 4.59. The van der Waals surface area contributed by atoms with Gasteiger partial charge in [-0.15, -0.1) is 0 Å². The molecule has 0 bridgehead atoms. The molecular weight excluding hydrogens is 346 g/mol. The number of aliphatic hydroxyl groups is 1. The number of rotatable bonds is 3. The highest BCUT2D eigenvalue weighted by Crippen LogP contribution is 2.25. The molecule has 0 radical (unpaired) electrons. The van der Waals surface area contributed by atoms with Crippen molar-refractivity contribution in [3.8, 4) is 0 Å². The van der Waals surface area contributed by atoms with Crippen LogP contribution in [0.5, 0.6) is 0 Å². The first-order chi connectivity index (χ1) is 10.7. The molecule has 3 rings (SSSR count). The SMILES string of the molecule is [N-]=[N+]=N[C@H]1CCN(Cc2ccc3cncc(Br)c3c2)C[C@@H]1O. The fourth-order valence-corrected chi connectivity index (χ4v) is 3.32. The summed E-state index contributed by atoms with van der Waals surface area (Å²) in [6.07, 6.45) is 3.73. The van der Waals surface area contributed by atoms with Gasteiger partial charge in [0.05, 0.1) is 12.1 Å². The molecule has 2 atom stereocenters. The molecular formula is C15H16BrN5O. The quantitative estimate of drug-likeness (QED) is 0.517. The summed E-state index contributed by atoms with van der Waals surface area (Å²) in [5, 5.41) is 15.9. The number of aliphatic hydroxyl groups excluding tert-OH is 1. The number of hydrogen-bond donors (Lipinski definition) is 1. The Morgan fingerprint density at radius 1 is 1.45 bits per heavy atom. The van der Waals surface area contributed by atoms with Crippen LogP contribution in [0.15, 0.2) is 40.2 Å². The average Bonchev–Trinajstić information content (AvgIpc) is 2.51. The molecule has 0 unspecified atom stereocenters. The molecule has 0 amide bonds. The Morgan fingerprint density at radius 3 is 3.09 bits per heavy atom. The van der Waals surface area contributed by atoms with Crippen LogP contribution in [0.2, 0.25) is 0 Å². The molecule has 1 aromatic carbocycles. The Hall–Kier alpha value is -1.66. The minimum atomic E-state index is -0.596. The normalized spacial score (nSPS) is 22.5. The lowest BCUT2D eigenvalue weighted by atomic mass is 10.0. The van der Waals surface area contributed by atoms with Gasteiger partial charge in [-0.3, -0.25) is 9.88 Å². The first-order valence-corrected chi connectivity index (χ1v) is 7.93. The third-order valence-electron chi connectivity index (χ3n) is 4.01. The van der Waals surface area contributed by atoms with E-state index in [2.05, 4.69) is 54.0 Å². The summed E-state index contributed by atoms with van der Waals surface area (Å²) in [4.78, 5) is 9.15. The highest BCUT2D eigenvalue weighted by Gasteiger charge is 2.26. The van der Waals surface area contributed by atoms with E-state index >= 15 is 0 Å². The van der Waals surface area contributed by atoms with E-state index in [1.807, 2.05) is 6.20 Å². The topological polar surface area (TPSA) is 85.1 Å². The van der Waals surface area contributed by atoms with Gasteiger partial charge in [0, 0.05) is 40.3 Å². The average molecular weight is 362 g/mol. The number of piperidine rings is 1. The van der Waals surface area contributed by atoms with Crippen LogP contribution in [-0.2, 0) is 6.54 Å². The zero-order valence-corrected chi connectivity index (χ0v) is 13.5. The molecule has 1 aliphatic heterocycles. The minimum Gasteiger partial charge on any atom is -0.391 e. The van der Waals surface area contributed by atoms with Gasteiger partial charge in [0.15, 0.2) is 0 Å².